The van der Waals surface area contributed by atoms with Gasteiger partial charge in [0.05, 0.1) is 11.3 Å². The van der Waals surface area contributed by atoms with E-state index in [0.29, 0.717) is 23.7 Å². The number of aromatic nitrogens is 2. The minimum Gasteiger partial charge on any atom is -0.273 e. The van der Waals surface area contributed by atoms with E-state index >= 15 is 0 Å². The second-order valence-electron chi connectivity index (χ2n) is 7.44. The van der Waals surface area contributed by atoms with Crippen LogP contribution in [0, 0.1) is 0 Å². The van der Waals surface area contributed by atoms with Crippen LogP contribution >= 0.6 is 0 Å². The Morgan fingerprint density at radius 1 is 0.935 bits per heavy atom. The predicted molar refractivity (Wildman–Crippen MR) is 121 cm³/mol. The zero-order valence-corrected chi connectivity index (χ0v) is 17.9. The van der Waals surface area contributed by atoms with Gasteiger partial charge in [0.2, 0.25) is 5.91 Å². The van der Waals surface area contributed by atoms with Crippen LogP contribution in [-0.4, -0.2) is 21.6 Å². The molecule has 0 saturated carbocycles. The maximum Gasteiger partial charge on any atom is 0.290 e. The molecule has 1 aromatic heterocycles. The Balaban J connectivity index is 1.82. The molecule has 0 spiro atoms. The number of amides is 2. The summed E-state index contributed by atoms with van der Waals surface area (Å²) in [5, 5.41) is 5.21. The Morgan fingerprint density at radius 3 is 2.29 bits per heavy atom. The molecule has 3 aromatic rings. The van der Waals surface area contributed by atoms with E-state index in [2.05, 4.69) is 22.9 Å². The third-order valence-corrected chi connectivity index (χ3v) is 5.28. The van der Waals surface area contributed by atoms with Crippen molar-refractivity contribution >= 4 is 22.6 Å². The van der Waals surface area contributed by atoms with Crippen molar-refractivity contribution in [1.29, 1.82) is 0 Å². The van der Waals surface area contributed by atoms with Gasteiger partial charge in [-0.15, -0.1) is 0 Å². The molecule has 1 atom stereocenters. The summed E-state index contributed by atoms with van der Waals surface area (Å²) in [5.74, 6) is -1.24. The Bertz CT molecular complexity index is 1110. The number of hydrogen-bond donors (Lipinski definition) is 2. The van der Waals surface area contributed by atoms with Crippen LogP contribution in [0.4, 0.5) is 0 Å². The van der Waals surface area contributed by atoms with Crippen LogP contribution in [0.2, 0.25) is 0 Å². The van der Waals surface area contributed by atoms with Crippen molar-refractivity contribution in [3.05, 3.63) is 76.2 Å². The number of aryl methyl sites for hydroxylation is 1. The van der Waals surface area contributed by atoms with Crippen molar-refractivity contribution < 1.29 is 9.59 Å². The standard InChI is InChI=1S/C24H28N4O3/c1-3-5-11-16-28-24(31)20-15-10-9-14-19(20)21(27-28)23(30)26-25-22(29)18(4-2)17-12-7-6-8-13-17/h6-10,12-15,18H,3-5,11,16H2,1-2H3,(H,25,29)(H,26,30). The number of hydrazine groups is 1. The smallest absolute Gasteiger partial charge is 0.273 e. The van der Waals surface area contributed by atoms with Crippen LogP contribution < -0.4 is 16.4 Å². The van der Waals surface area contributed by atoms with Crippen molar-refractivity contribution in [2.75, 3.05) is 0 Å². The van der Waals surface area contributed by atoms with Gasteiger partial charge in [-0.1, -0.05) is 75.2 Å². The highest BCUT2D eigenvalue weighted by Crippen LogP contribution is 2.19. The first-order chi connectivity index (χ1) is 15.1. The topological polar surface area (TPSA) is 93.1 Å². The average Bonchev–Trinajstić information content (AvgIpc) is 2.80. The molecule has 1 unspecified atom stereocenters. The van der Waals surface area contributed by atoms with Gasteiger partial charge in [-0.3, -0.25) is 25.2 Å². The maximum absolute atomic E-state index is 12.9. The molecule has 0 radical (unpaired) electrons. The largest absolute Gasteiger partial charge is 0.290 e. The van der Waals surface area contributed by atoms with Crippen LogP contribution in [0.3, 0.4) is 0 Å². The van der Waals surface area contributed by atoms with E-state index in [-0.39, 0.29) is 23.1 Å². The zero-order valence-electron chi connectivity index (χ0n) is 17.9. The molecule has 162 valence electrons. The third-order valence-electron chi connectivity index (χ3n) is 5.28. The van der Waals surface area contributed by atoms with Gasteiger partial charge >= 0.3 is 0 Å². The van der Waals surface area contributed by atoms with Gasteiger partial charge in [0, 0.05) is 11.9 Å². The SMILES string of the molecule is CCCCCn1nc(C(=O)NNC(=O)C(CC)c2ccccc2)c2ccccc2c1=O. The third kappa shape index (κ3) is 5.17. The first-order valence-electron chi connectivity index (χ1n) is 10.7. The second-order valence-corrected chi connectivity index (χ2v) is 7.44. The summed E-state index contributed by atoms with van der Waals surface area (Å²) >= 11 is 0. The molecule has 0 aliphatic carbocycles. The molecule has 7 heteroatoms. The fraction of sp³-hybridized carbons (Fsp3) is 0.333. The van der Waals surface area contributed by atoms with Gasteiger partial charge in [0.25, 0.3) is 11.5 Å². The zero-order chi connectivity index (χ0) is 22.2. The second kappa shape index (κ2) is 10.5. The molecular weight excluding hydrogens is 392 g/mol. The lowest BCUT2D eigenvalue weighted by atomic mass is 9.96. The highest BCUT2D eigenvalue weighted by Gasteiger charge is 2.21. The fourth-order valence-electron chi connectivity index (χ4n) is 3.59. The molecular formula is C24H28N4O3. The number of nitrogens with zero attached hydrogens (tertiary/aromatic N) is 2. The molecule has 0 fully saturated rings. The molecule has 2 aromatic carbocycles. The molecule has 31 heavy (non-hydrogen) atoms. The predicted octanol–water partition coefficient (Wildman–Crippen LogP) is 3.54. The lowest BCUT2D eigenvalue weighted by molar-refractivity contribution is -0.123. The average molecular weight is 421 g/mol. The molecule has 0 bridgehead atoms. The van der Waals surface area contributed by atoms with Gasteiger partial charge in [-0.05, 0) is 24.5 Å². The van der Waals surface area contributed by atoms with Crippen LogP contribution in [-0.2, 0) is 11.3 Å². The highest BCUT2D eigenvalue weighted by molar-refractivity contribution is 6.05. The highest BCUT2D eigenvalue weighted by atomic mass is 16.2. The Kier molecular flexibility index (Phi) is 7.54. The summed E-state index contributed by atoms with van der Waals surface area (Å²) in [7, 11) is 0. The number of carbonyl (C=O) groups excluding carboxylic acids is 2. The Labute approximate surface area is 181 Å². The number of hydrogen-bond acceptors (Lipinski definition) is 4. The number of benzene rings is 2. The molecule has 3 rings (SSSR count). The molecule has 0 aliphatic rings. The first kappa shape index (κ1) is 22.2. The van der Waals surface area contributed by atoms with Crippen molar-refractivity contribution in [1.82, 2.24) is 20.6 Å². The summed E-state index contributed by atoms with van der Waals surface area (Å²) in [6, 6.07) is 16.3. The minimum absolute atomic E-state index is 0.111. The van der Waals surface area contributed by atoms with E-state index < -0.39 is 5.91 Å². The van der Waals surface area contributed by atoms with E-state index in [1.54, 1.807) is 24.3 Å². The minimum atomic E-state index is -0.559. The number of carbonyl (C=O) groups is 2. The van der Waals surface area contributed by atoms with Gasteiger partial charge < -0.3 is 0 Å². The number of fused-ring (bicyclic) bond motifs is 1. The maximum atomic E-state index is 12.9. The van der Waals surface area contributed by atoms with Gasteiger partial charge in [0.15, 0.2) is 5.69 Å². The van der Waals surface area contributed by atoms with Crippen molar-refractivity contribution in [3.8, 4) is 0 Å². The van der Waals surface area contributed by atoms with E-state index in [1.165, 1.54) is 4.68 Å². The summed E-state index contributed by atoms with van der Waals surface area (Å²) in [6.45, 7) is 4.44. The van der Waals surface area contributed by atoms with Crippen LogP contribution in [0.1, 0.15) is 61.5 Å². The van der Waals surface area contributed by atoms with E-state index in [1.807, 2.05) is 37.3 Å². The molecule has 2 amide bonds. The monoisotopic (exact) mass is 420 g/mol. The van der Waals surface area contributed by atoms with Crippen molar-refractivity contribution in [2.24, 2.45) is 0 Å². The van der Waals surface area contributed by atoms with E-state index in [4.69, 9.17) is 0 Å². The summed E-state index contributed by atoms with van der Waals surface area (Å²) in [4.78, 5) is 38.3. The van der Waals surface area contributed by atoms with Crippen molar-refractivity contribution in [2.45, 2.75) is 52.0 Å². The van der Waals surface area contributed by atoms with Crippen LogP contribution in [0.15, 0.2) is 59.4 Å². The van der Waals surface area contributed by atoms with Gasteiger partial charge in [-0.25, -0.2) is 4.68 Å². The number of rotatable bonds is 8. The normalized spacial score (nSPS) is 11.8. The quantitative estimate of drug-likeness (QED) is 0.431. The van der Waals surface area contributed by atoms with Gasteiger partial charge in [-0.2, -0.15) is 5.10 Å². The van der Waals surface area contributed by atoms with E-state index in [0.717, 1.165) is 24.8 Å². The van der Waals surface area contributed by atoms with E-state index in [9.17, 15) is 14.4 Å². The molecule has 1 heterocycles. The van der Waals surface area contributed by atoms with Crippen LogP contribution in [0.5, 0.6) is 0 Å². The molecule has 0 aliphatic heterocycles. The number of nitrogens with one attached hydrogen (secondary N) is 2. The summed E-state index contributed by atoms with van der Waals surface area (Å²) in [6.07, 6.45) is 3.38. The summed E-state index contributed by atoms with van der Waals surface area (Å²) < 4.78 is 1.34. The first-order valence-corrected chi connectivity index (χ1v) is 10.7. The molecule has 2 N–H and O–H groups in total. The van der Waals surface area contributed by atoms with Crippen molar-refractivity contribution in [3.63, 3.8) is 0 Å². The Hall–Kier alpha value is -3.48. The Morgan fingerprint density at radius 2 is 1.61 bits per heavy atom. The lowest BCUT2D eigenvalue weighted by Gasteiger charge is -2.16. The van der Waals surface area contributed by atoms with Gasteiger partial charge in [0.1, 0.15) is 0 Å². The lowest BCUT2D eigenvalue weighted by Crippen LogP contribution is -2.44. The molecule has 0 saturated heterocycles. The summed E-state index contributed by atoms with van der Waals surface area (Å²) in [5.41, 5.74) is 5.76. The molecule has 7 nitrogen and oxygen atoms in total. The fourth-order valence-corrected chi connectivity index (χ4v) is 3.59. The number of unbranched alkanes of at least 4 members (excludes halogenated alkanes) is 2. The van der Waals surface area contributed by atoms with Crippen LogP contribution in [0.25, 0.3) is 10.8 Å².